The molecule has 5 atom stereocenters. The normalized spacial score (nSPS) is 24.6. The second-order valence-corrected chi connectivity index (χ2v) is 9.21. The summed E-state index contributed by atoms with van der Waals surface area (Å²) in [5.74, 6) is -2.00. The molecule has 32 heavy (non-hydrogen) atoms. The van der Waals surface area contributed by atoms with E-state index in [0.29, 0.717) is 5.56 Å². The number of esters is 3. The Morgan fingerprint density at radius 1 is 1.03 bits per heavy atom. The monoisotopic (exact) mass is 513 g/mol. The molecule has 0 amide bonds. The number of aryl methyl sites for hydroxylation is 1. The molecule has 11 nitrogen and oxygen atoms in total. The van der Waals surface area contributed by atoms with Crippen LogP contribution >= 0.6 is 0 Å². The maximum absolute atomic E-state index is 12.9. The average molecular weight is 512 g/mol. The molecule has 0 N–H and O–H groups in total. The number of hydrogen-bond donors (Lipinski definition) is 0. The molecule has 0 saturated carbocycles. The van der Waals surface area contributed by atoms with Crippen LogP contribution in [0.2, 0.25) is 0 Å². The van der Waals surface area contributed by atoms with Crippen molar-refractivity contribution in [2.75, 3.05) is 6.61 Å². The molecule has 172 valence electrons. The summed E-state index contributed by atoms with van der Waals surface area (Å²) in [5, 5.41) is 2.69. The minimum absolute atomic E-state index is 0.239. The van der Waals surface area contributed by atoms with Gasteiger partial charge in [-0.25, -0.2) is 0 Å². The second kappa shape index (κ2) is 11.6. The van der Waals surface area contributed by atoms with Gasteiger partial charge < -0.3 is 0 Å². The van der Waals surface area contributed by atoms with Gasteiger partial charge >= 0.3 is 190 Å². The predicted molar refractivity (Wildman–Crippen MR) is 111 cm³/mol. The van der Waals surface area contributed by atoms with Crippen molar-refractivity contribution in [3.63, 3.8) is 0 Å². The van der Waals surface area contributed by atoms with Crippen LogP contribution in [0.1, 0.15) is 36.7 Å². The van der Waals surface area contributed by atoms with Gasteiger partial charge in [-0.05, 0) is 0 Å². The first-order valence-electron chi connectivity index (χ1n) is 9.57. The van der Waals surface area contributed by atoms with E-state index in [9.17, 15) is 19.2 Å². The number of carbonyl (C=O) groups excluding carboxylic acids is 4. The number of azide groups is 1. The van der Waals surface area contributed by atoms with Crippen LogP contribution in [0.4, 0.5) is 0 Å². The standard InChI is InChI=1S/C20H23N3O8Se/c1-10-5-7-14(8-6-10)19(27)32-20-18(30-13(4)26)16(22-23-21)17(29-12(3)25)15(31-20)9-28-11(2)24/h5-8,15-18,20H,9H2,1-4H3/t15?,16-,17-,18?,20-/m0/s1. The summed E-state index contributed by atoms with van der Waals surface area (Å²) >= 11 is -0.922. The Morgan fingerprint density at radius 2 is 1.62 bits per heavy atom. The van der Waals surface area contributed by atoms with Crippen molar-refractivity contribution in [3.05, 3.63) is 45.8 Å². The summed E-state index contributed by atoms with van der Waals surface area (Å²) in [5.41, 5.74) is 10.5. The molecule has 2 rings (SSSR count). The van der Waals surface area contributed by atoms with Crippen LogP contribution in [-0.4, -0.2) is 73.5 Å². The molecule has 1 heterocycles. The molecule has 1 aliphatic rings. The summed E-state index contributed by atoms with van der Waals surface area (Å²) in [6, 6.07) is 5.73. The van der Waals surface area contributed by atoms with Crippen molar-refractivity contribution in [3.8, 4) is 0 Å². The fourth-order valence-electron chi connectivity index (χ4n) is 3.03. The molecule has 1 saturated heterocycles. The van der Waals surface area contributed by atoms with Crippen LogP contribution in [0.15, 0.2) is 29.4 Å². The molecule has 2 unspecified atom stereocenters. The zero-order chi connectivity index (χ0) is 23.8. The van der Waals surface area contributed by atoms with Crippen molar-refractivity contribution in [1.82, 2.24) is 0 Å². The summed E-state index contributed by atoms with van der Waals surface area (Å²) in [6.07, 6.45) is -3.42. The zero-order valence-corrected chi connectivity index (χ0v) is 19.6. The molecule has 0 spiro atoms. The number of nitrogens with zero attached hydrogens (tertiary/aromatic N) is 3. The van der Waals surface area contributed by atoms with Crippen molar-refractivity contribution >= 4 is 37.5 Å². The van der Waals surface area contributed by atoms with E-state index in [0.717, 1.165) is 19.4 Å². The molecule has 1 aromatic rings. The van der Waals surface area contributed by atoms with Gasteiger partial charge in [0.2, 0.25) is 0 Å². The molecular weight excluding hydrogens is 489 g/mol. The van der Waals surface area contributed by atoms with Gasteiger partial charge in [0, 0.05) is 0 Å². The van der Waals surface area contributed by atoms with Crippen LogP contribution in [0.25, 0.3) is 10.4 Å². The first-order chi connectivity index (χ1) is 15.1. The van der Waals surface area contributed by atoms with Crippen LogP contribution in [-0.2, 0) is 33.3 Å². The average Bonchev–Trinajstić information content (AvgIpc) is 2.70. The molecule has 0 radical (unpaired) electrons. The molecule has 1 aliphatic heterocycles. The molecule has 0 bridgehead atoms. The number of rotatable bonds is 8. The summed E-state index contributed by atoms with van der Waals surface area (Å²) < 4.78 is 21.3. The van der Waals surface area contributed by atoms with Crippen LogP contribution < -0.4 is 0 Å². The topological polar surface area (TPSA) is 154 Å². The zero-order valence-electron chi connectivity index (χ0n) is 17.9. The van der Waals surface area contributed by atoms with E-state index in [2.05, 4.69) is 10.0 Å². The third-order valence-corrected chi connectivity index (χ3v) is 6.59. The summed E-state index contributed by atoms with van der Waals surface area (Å²) in [6.45, 7) is 5.07. The van der Waals surface area contributed by atoms with E-state index in [1.54, 1.807) is 24.3 Å². The first kappa shape index (κ1) is 25.4. The molecule has 1 fully saturated rings. The first-order valence-corrected chi connectivity index (χ1v) is 11.4. The van der Waals surface area contributed by atoms with E-state index in [4.69, 9.17) is 24.5 Å². The van der Waals surface area contributed by atoms with E-state index in [1.165, 1.54) is 6.92 Å². The van der Waals surface area contributed by atoms with Crippen molar-refractivity contribution in [2.24, 2.45) is 5.11 Å². The van der Waals surface area contributed by atoms with E-state index < -0.39 is 62.2 Å². The Balaban J connectivity index is 2.41. The van der Waals surface area contributed by atoms with Gasteiger partial charge in [-0.15, -0.1) is 0 Å². The molecular formula is C20H23N3O8Se. The van der Waals surface area contributed by atoms with Gasteiger partial charge in [0.25, 0.3) is 0 Å². The summed E-state index contributed by atoms with van der Waals surface area (Å²) in [7, 11) is 0. The van der Waals surface area contributed by atoms with Crippen molar-refractivity contribution in [2.45, 2.75) is 57.1 Å². The third-order valence-electron chi connectivity index (χ3n) is 4.37. The van der Waals surface area contributed by atoms with Crippen molar-refractivity contribution in [1.29, 1.82) is 0 Å². The predicted octanol–water partition coefficient (Wildman–Crippen LogP) is 1.67. The SMILES string of the molecule is CC(=O)OCC1O[C@@H]([Se]C(=O)c2ccc(C)cc2)C(OC(C)=O)[C@@H](N=[N+]=[N-])[C@H]1OC(C)=O. The molecule has 12 heteroatoms. The van der Waals surface area contributed by atoms with Crippen LogP contribution in [0, 0.1) is 6.92 Å². The quantitative estimate of drug-likeness (QED) is 0.127. The van der Waals surface area contributed by atoms with Gasteiger partial charge in [-0.2, -0.15) is 0 Å². The number of carbonyl (C=O) groups is 4. The minimum atomic E-state index is -1.20. The van der Waals surface area contributed by atoms with E-state index in [-0.39, 0.29) is 11.3 Å². The second-order valence-electron chi connectivity index (χ2n) is 6.96. The van der Waals surface area contributed by atoms with Gasteiger partial charge in [-0.1, -0.05) is 0 Å². The van der Waals surface area contributed by atoms with Crippen LogP contribution in [0.5, 0.6) is 0 Å². The van der Waals surface area contributed by atoms with E-state index >= 15 is 0 Å². The van der Waals surface area contributed by atoms with Crippen LogP contribution in [0.3, 0.4) is 0 Å². The molecule has 0 aliphatic carbocycles. The summed E-state index contributed by atoms with van der Waals surface area (Å²) in [4.78, 5) is 50.4. The Hall–Kier alpha value is -2.91. The number of benzene rings is 1. The molecule has 1 aromatic carbocycles. The Kier molecular flexibility index (Phi) is 9.22. The number of hydrogen-bond acceptors (Lipinski definition) is 9. The Labute approximate surface area is 190 Å². The van der Waals surface area contributed by atoms with Gasteiger partial charge in [0.05, 0.1) is 0 Å². The Morgan fingerprint density at radius 3 is 2.16 bits per heavy atom. The number of ether oxygens (including phenoxy) is 4. The maximum atomic E-state index is 12.9. The Bertz CT molecular complexity index is 916. The van der Waals surface area contributed by atoms with Gasteiger partial charge in [-0.3, -0.25) is 0 Å². The van der Waals surface area contributed by atoms with E-state index in [1.807, 2.05) is 6.92 Å². The third kappa shape index (κ3) is 7.06. The fourth-order valence-corrected chi connectivity index (χ4v) is 5.20. The van der Waals surface area contributed by atoms with Gasteiger partial charge in [0.1, 0.15) is 0 Å². The van der Waals surface area contributed by atoms with Crippen molar-refractivity contribution < 1.29 is 38.1 Å². The fraction of sp³-hybridized carbons (Fsp3) is 0.500. The van der Waals surface area contributed by atoms with Gasteiger partial charge in [0.15, 0.2) is 0 Å². The molecule has 0 aromatic heterocycles.